The number of methoxy groups -OCH3 is 1. The molecule has 8 aliphatic carbocycles. The van der Waals surface area contributed by atoms with Crippen molar-refractivity contribution in [2.45, 2.75) is 306 Å². The molecule has 2 heterocycles. The van der Waals surface area contributed by atoms with Crippen molar-refractivity contribution in [1.29, 1.82) is 0 Å². The molecule has 16 rings (SSSR count). The lowest BCUT2D eigenvalue weighted by atomic mass is 9.67. The summed E-state index contributed by atoms with van der Waals surface area (Å²) in [5, 5.41) is 57.5. The number of aliphatic hydroxyl groups is 5. The second-order valence-electron chi connectivity index (χ2n) is 39.5. The third-order valence-corrected chi connectivity index (χ3v) is 29.9. The molecule has 24 nitrogen and oxygen atoms in total. The predicted molar refractivity (Wildman–Crippen MR) is 489 cm³/mol. The molecule has 8 saturated carbocycles. The third kappa shape index (κ3) is 23.5. The Bertz CT molecular complexity index is 5820. The Labute approximate surface area is 820 Å². The van der Waals surface area contributed by atoms with E-state index in [1.54, 1.807) is 53.8 Å². The van der Waals surface area contributed by atoms with Gasteiger partial charge in [-0.25, -0.2) is 22.4 Å². The molecule has 7 N–H and O–H groups in total. The SMILES string of the molecule is CCOC(=O)C1(c2ccnnc2)CCC(N(C(=O)c2ccc([C@](C)(O)C(F)(F)F)cc2)C2CC2)CC1.COC(=O)C1(c2ccc(F)cc2F)CCC(N(C(=O)c2ccc([C@](C)(O)C(F)(F)F)cc2)C2CC2)CC1.C[C@](O)(c1ccc(C(=O)N(C2CC2)C2CCC(CO)(c3ccc(F)cc3F)CC2)cc1)C(F)(F)F.C[C@](O)(c1ccc(C(=O)N(C2CC2)C2CCC(COC(N)=O)(c3cnccn3)CC2)cc1)C(F)(F)F. The minimum Gasteiger partial charge on any atom is -0.468 e. The molecule has 40 heteroatoms. The first-order valence-corrected chi connectivity index (χ1v) is 47.8. The third-order valence-electron chi connectivity index (χ3n) is 29.9. The van der Waals surface area contributed by atoms with Gasteiger partial charge in [-0.1, -0.05) is 60.7 Å². The smallest absolute Gasteiger partial charge is 0.421 e. The van der Waals surface area contributed by atoms with Gasteiger partial charge in [0.25, 0.3) is 23.6 Å². The molecule has 0 spiro atoms. The summed E-state index contributed by atoms with van der Waals surface area (Å²) in [6.07, 6.45) is 1.68. The van der Waals surface area contributed by atoms with E-state index in [9.17, 15) is 129 Å². The molecule has 0 unspecified atom stereocenters. The number of ether oxygens (including phenoxy) is 3. The molecule has 0 saturated heterocycles. The zero-order valence-corrected chi connectivity index (χ0v) is 79.9. The number of carbonyl (C=O) groups is 7. The molecule has 0 bridgehead atoms. The van der Waals surface area contributed by atoms with Gasteiger partial charge in [0.05, 0.1) is 43.0 Å². The number of aromatic nitrogens is 4. The molecule has 8 aromatic rings. The Morgan fingerprint density at radius 3 is 0.965 bits per heavy atom. The van der Waals surface area contributed by atoms with Crippen molar-refractivity contribution in [2.24, 2.45) is 5.73 Å². The van der Waals surface area contributed by atoms with Crippen molar-refractivity contribution >= 4 is 41.7 Å². The van der Waals surface area contributed by atoms with E-state index >= 15 is 0 Å². The average Bonchev–Trinajstić information content (AvgIpc) is 1.36. The van der Waals surface area contributed by atoms with Crippen LogP contribution >= 0.6 is 0 Å². The second-order valence-corrected chi connectivity index (χ2v) is 39.5. The first kappa shape index (κ1) is 109. The zero-order valence-electron chi connectivity index (χ0n) is 79.9. The van der Waals surface area contributed by atoms with Gasteiger partial charge >= 0.3 is 42.7 Å². The number of hydrogen-bond acceptors (Lipinski definition) is 19. The highest BCUT2D eigenvalue weighted by Gasteiger charge is 2.58. The molecule has 144 heavy (non-hydrogen) atoms. The Morgan fingerprint density at radius 2 is 0.694 bits per heavy atom. The van der Waals surface area contributed by atoms with Gasteiger partial charge < -0.3 is 65.1 Å². The number of rotatable bonds is 26. The van der Waals surface area contributed by atoms with Crippen LogP contribution in [0.2, 0.25) is 0 Å². The molecule has 0 aliphatic heterocycles. The fourth-order valence-electron chi connectivity index (χ4n) is 20.3. The van der Waals surface area contributed by atoms with E-state index in [0.29, 0.717) is 123 Å². The van der Waals surface area contributed by atoms with Gasteiger partial charge in [-0.3, -0.25) is 38.7 Å². The molecule has 6 aromatic carbocycles. The lowest BCUT2D eigenvalue weighted by molar-refractivity contribution is -0.259. The molecule has 8 aliphatic rings. The number of halogens is 16. The number of primary amides is 1. The fraction of sp³-hybridized carbons (Fsp3) is 0.510. The molecule has 4 atom stereocenters. The van der Waals surface area contributed by atoms with Crippen LogP contribution in [0.1, 0.15) is 275 Å². The number of benzene rings is 6. The monoisotopic (exact) mass is 2030 g/mol. The maximum absolute atomic E-state index is 14.7. The number of hydrogen-bond donors (Lipinski definition) is 6. The van der Waals surface area contributed by atoms with Crippen molar-refractivity contribution in [3.8, 4) is 0 Å². The zero-order chi connectivity index (χ0) is 105. The highest BCUT2D eigenvalue weighted by atomic mass is 19.4. The largest absolute Gasteiger partial charge is 0.468 e. The van der Waals surface area contributed by atoms with Crippen LogP contribution in [0.25, 0.3) is 0 Å². The summed E-state index contributed by atoms with van der Waals surface area (Å²) in [5.74, 6) is -5.11. The summed E-state index contributed by atoms with van der Waals surface area (Å²) in [5.41, 5.74) is -9.19. The van der Waals surface area contributed by atoms with Gasteiger partial charge in [-0.15, -0.1) is 0 Å². The number of aliphatic hydroxyl groups excluding tert-OH is 1. The van der Waals surface area contributed by atoms with Crippen LogP contribution in [0, 0.1) is 23.3 Å². The van der Waals surface area contributed by atoms with E-state index in [0.717, 1.165) is 124 Å². The second kappa shape index (κ2) is 43.1. The van der Waals surface area contributed by atoms with Crippen LogP contribution in [0.4, 0.5) is 75.0 Å². The fourth-order valence-corrected chi connectivity index (χ4v) is 20.3. The number of amides is 5. The number of esters is 2. The summed E-state index contributed by atoms with van der Waals surface area (Å²) in [4.78, 5) is 107. The number of nitrogens with two attached hydrogens (primary N) is 1. The quantitative estimate of drug-likeness (QED) is 0.0167. The van der Waals surface area contributed by atoms with E-state index in [-0.39, 0.29) is 166 Å². The minimum atomic E-state index is -4.88. The topological polar surface area (TPSA) is 339 Å². The first-order chi connectivity index (χ1) is 67.7. The Kier molecular flexibility index (Phi) is 32.8. The van der Waals surface area contributed by atoms with E-state index in [4.69, 9.17) is 19.9 Å². The van der Waals surface area contributed by atoms with E-state index in [2.05, 4.69) is 20.2 Å². The molecule has 2 aromatic heterocycles. The normalized spacial score (nSPS) is 24.1. The van der Waals surface area contributed by atoms with Gasteiger partial charge in [0.1, 0.15) is 29.9 Å². The highest BCUT2D eigenvalue weighted by Crippen LogP contribution is 2.52. The summed E-state index contributed by atoms with van der Waals surface area (Å²) >= 11 is 0. The number of carbonyl (C=O) groups excluding carboxylic acids is 7. The van der Waals surface area contributed by atoms with Crippen LogP contribution in [-0.2, 0) is 67.9 Å². The van der Waals surface area contributed by atoms with Crippen molar-refractivity contribution < 1.29 is 144 Å². The van der Waals surface area contributed by atoms with Gasteiger partial charge in [0, 0.05) is 124 Å². The standard InChI is InChI=1S/C27H28F5NO4.C26H28F5NO3.C26H30F3N3O4.C25H29F3N4O4/c1-25(36,27(30,31)32)17-5-3-16(4-6-17)23(34)33(19-8-9-19)20-11-13-26(14-12-20,24(35)37-2)21-10-7-18(28)15-22(21)29;1-24(35,26(29,30)31)17-4-2-16(3-5-17)23(34)32(19-7-8-19)20-10-12-25(15-33,13-11-20)21-9-6-18(27)14-22(21)28;1-3-36-23(34)25(19-12-15-30-31-16-19)13-10-21(11-14-25)32(20-8-9-20)22(33)17-4-6-18(7-5-17)24(2,35)26(27,28)29;1-23(35,25(26,27)28)17-4-2-16(3-5-17)21(33)32(18-6-7-18)19-8-10-24(11-9-19,15-36-22(29)34)20-14-30-12-13-31-20/h3-7,10,15,19-20,36H,8-9,11-14H2,1-2H3;2-6,9,14,19-20,33,35H,7-8,10-13,15H2,1H3;4-7,12,15-16,20-21,35H,3,8-11,13-14H2,1-2H3;2-5,12-14,18-19,35H,6-11,15H2,1H3,(H2,29,34)/t20?,25-,26?;20?,24-,25?;21?,24-,25?;19?,23-,24?/m0000/s1. The van der Waals surface area contributed by atoms with E-state index < -0.39 is 104 Å². The minimum absolute atomic E-state index is 0.0228. The molecule has 0 radical (unpaired) electrons. The van der Waals surface area contributed by atoms with Crippen LogP contribution < -0.4 is 5.73 Å². The van der Waals surface area contributed by atoms with E-state index in [1.165, 1.54) is 73.8 Å². The van der Waals surface area contributed by atoms with Gasteiger partial charge in [-0.05, 0) is 289 Å². The summed E-state index contributed by atoms with van der Waals surface area (Å²) in [7, 11) is 1.21. The predicted octanol–water partition coefficient (Wildman–Crippen LogP) is 18.7. The van der Waals surface area contributed by atoms with Crippen molar-refractivity contribution in [3.05, 3.63) is 261 Å². The van der Waals surface area contributed by atoms with Crippen LogP contribution in [-0.4, -0.2) is 207 Å². The first-order valence-electron chi connectivity index (χ1n) is 47.8. The van der Waals surface area contributed by atoms with Gasteiger partial charge in [0.15, 0.2) is 22.4 Å². The maximum Gasteiger partial charge on any atom is 0.421 e. The van der Waals surface area contributed by atoms with Crippen molar-refractivity contribution in [2.75, 3.05) is 26.9 Å². The van der Waals surface area contributed by atoms with Crippen LogP contribution in [0.5, 0.6) is 0 Å². The Balaban J connectivity index is 0.000000161. The van der Waals surface area contributed by atoms with E-state index in [1.807, 2.05) is 9.80 Å². The molecule has 778 valence electrons. The summed E-state index contributed by atoms with van der Waals surface area (Å²) < 4.78 is 230. The summed E-state index contributed by atoms with van der Waals surface area (Å²) in [6, 6.07) is 27.1. The Hall–Kier alpha value is -11.8. The molecular formula is C104H115F16N9O15. The maximum atomic E-state index is 14.7. The molecule has 5 amide bonds. The Morgan fingerprint density at radius 1 is 0.382 bits per heavy atom. The highest BCUT2D eigenvalue weighted by molar-refractivity contribution is 5.97. The molecule has 8 fully saturated rings. The average molecular weight is 2040 g/mol. The number of alkyl halides is 12. The van der Waals surface area contributed by atoms with Gasteiger partial charge in [0.2, 0.25) is 0 Å². The lowest BCUT2D eigenvalue weighted by Gasteiger charge is -2.43. The van der Waals surface area contributed by atoms with Crippen molar-refractivity contribution in [3.63, 3.8) is 0 Å². The van der Waals surface area contributed by atoms with Crippen LogP contribution in [0.3, 0.4) is 0 Å². The van der Waals surface area contributed by atoms with Gasteiger partial charge in [-0.2, -0.15) is 62.9 Å². The van der Waals surface area contributed by atoms with Crippen LogP contribution in [0.15, 0.2) is 171 Å². The van der Waals surface area contributed by atoms with Crippen molar-refractivity contribution in [1.82, 2.24) is 39.8 Å². The lowest BCUT2D eigenvalue weighted by Crippen LogP contribution is -2.49. The number of nitrogens with zero attached hydrogens (tertiary/aromatic N) is 8. The molecular weight excluding hydrogens is 1920 g/mol. The summed E-state index contributed by atoms with van der Waals surface area (Å²) in [6.45, 7) is 4.47.